The van der Waals surface area contributed by atoms with Gasteiger partial charge in [0.25, 0.3) is 0 Å². The lowest BCUT2D eigenvalue weighted by Gasteiger charge is -2.33. The van der Waals surface area contributed by atoms with Crippen LogP contribution in [0.5, 0.6) is 0 Å². The smallest absolute Gasteiger partial charge is 0.408 e. The number of carboxylic acid groups (broad SMARTS) is 1. The first-order valence-corrected chi connectivity index (χ1v) is 13.7. The molecule has 210 valence electrons. The quantitative estimate of drug-likeness (QED) is 0.314. The second-order valence-electron chi connectivity index (χ2n) is 10.2. The van der Waals surface area contributed by atoms with Crippen LogP contribution >= 0.6 is 0 Å². The zero-order valence-electron chi connectivity index (χ0n) is 22.6. The second kappa shape index (κ2) is 12.6. The number of aromatic nitrogens is 3. The number of hydrogen-bond donors (Lipinski definition) is 4. The molecule has 4 heterocycles. The summed E-state index contributed by atoms with van der Waals surface area (Å²) in [5.74, 6) is 1.36. The molecule has 1 saturated heterocycles. The van der Waals surface area contributed by atoms with Gasteiger partial charge in [-0.05, 0) is 49.8 Å². The highest BCUT2D eigenvalue weighted by atomic mass is 16.5. The Hall–Kier alpha value is -4.41. The van der Waals surface area contributed by atoms with Gasteiger partial charge in [0.05, 0.1) is 0 Å². The summed E-state index contributed by atoms with van der Waals surface area (Å²) in [7, 11) is 0. The van der Waals surface area contributed by atoms with Crippen molar-refractivity contribution in [1.82, 2.24) is 20.3 Å². The summed E-state index contributed by atoms with van der Waals surface area (Å²) in [6, 6.07) is 12.3. The Labute approximate surface area is 233 Å². The van der Waals surface area contributed by atoms with E-state index in [2.05, 4.69) is 43.0 Å². The molecule has 2 aliphatic heterocycles. The molecule has 1 amide bonds. The van der Waals surface area contributed by atoms with Crippen molar-refractivity contribution in [2.75, 3.05) is 41.7 Å². The van der Waals surface area contributed by atoms with E-state index in [-0.39, 0.29) is 13.2 Å². The Morgan fingerprint density at radius 2 is 1.95 bits per heavy atom. The van der Waals surface area contributed by atoms with E-state index in [1.165, 1.54) is 5.56 Å². The topological polar surface area (TPSA) is 142 Å². The van der Waals surface area contributed by atoms with Crippen LogP contribution in [-0.4, -0.2) is 64.3 Å². The lowest BCUT2D eigenvalue weighted by Crippen LogP contribution is -2.45. The van der Waals surface area contributed by atoms with Crippen LogP contribution in [-0.2, 0) is 22.6 Å². The van der Waals surface area contributed by atoms with E-state index in [0.29, 0.717) is 11.9 Å². The molecule has 5 rings (SSSR count). The van der Waals surface area contributed by atoms with Crippen LogP contribution < -0.4 is 20.9 Å². The second-order valence-corrected chi connectivity index (χ2v) is 10.2. The summed E-state index contributed by atoms with van der Waals surface area (Å²) < 4.78 is 5.16. The number of rotatable bonds is 9. The number of benzene rings is 1. The first-order valence-electron chi connectivity index (χ1n) is 13.7. The molecule has 1 fully saturated rings. The number of nitrogens with zero attached hydrogens (tertiary/aromatic N) is 4. The molecular formula is C29H35N7O4. The summed E-state index contributed by atoms with van der Waals surface area (Å²) in [5, 5.41) is 18.4. The standard InChI is InChI=1S/C29H35N7O4/c1-19-16-31-28(32-17-24(27(37)38)34-29(39)40-18-20-6-3-2-4-7-20)35-26(19)36-14-11-21(12-15-36)23-10-9-22-8-5-13-30-25(22)33-23/h2-4,6-7,9-10,16,21,24H,5,8,11-15,17-18H2,1H3,(H,30,33)(H,34,39)(H,37,38)(H,31,32,35). The predicted octanol–water partition coefficient (Wildman–Crippen LogP) is 3.71. The van der Waals surface area contributed by atoms with Gasteiger partial charge in [-0.3, -0.25) is 0 Å². The van der Waals surface area contributed by atoms with E-state index in [1.807, 2.05) is 37.3 Å². The van der Waals surface area contributed by atoms with Gasteiger partial charge in [-0.15, -0.1) is 0 Å². The molecule has 11 nitrogen and oxygen atoms in total. The summed E-state index contributed by atoms with van der Waals surface area (Å²) in [6.45, 7) is 4.56. The van der Waals surface area contributed by atoms with E-state index < -0.39 is 18.1 Å². The molecule has 11 heteroatoms. The highest BCUT2D eigenvalue weighted by Crippen LogP contribution is 2.32. The number of hydrogen-bond acceptors (Lipinski definition) is 9. The van der Waals surface area contributed by atoms with Gasteiger partial charge in [-0.2, -0.15) is 4.98 Å². The van der Waals surface area contributed by atoms with Crippen molar-refractivity contribution in [3.05, 3.63) is 71.0 Å². The van der Waals surface area contributed by atoms with Gasteiger partial charge >= 0.3 is 12.1 Å². The van der Waals surface area contributed by atoms with Crippen LogP contribution in [0.1, 0.15) is 47.6 Å². The van der Waals surface area contributed by atoms with Crippen LogP contribution in [0.25, 0.3) is 0 Å². The van der Waals surface area contributed by atoms with Crippen LogP contribution in [0.4, 0.5) is 22.4 Å². The van der Waals surface area contributed by atoms with Gasteiger partial charge in [0.1, 0.15) is 24.3 Å². The Morgan fingerprint density at radius 1 is 1.15 bits per heavy atom. The van der Waals surface area contributed by atoms with Gasteiger partial charge in [0.15, 0.2) is 0 Å². The number of anilines is 3. The van der Waals surface area contributed by atoms with Gasteiger partial charge < -0.3 is 30.7 Å². The number of pyridine rings is 1. The van der Waals surface area contributed by atoms with Crippen molar-refractivity contribution in [3.63, 3.8) is 0 Å². The molecular weight excluding hydrogens is 510 g/mol. The van der Waals surface area contributed by atoms with Gasteiger partial charge in [-0.25, -0.2) is 19.6 Å². The predicted molar refractivity (Wildman–Crippen MR) is 152 cm³/mol. The molecule has 0 aliphatic carbocycles. The minimum absolute atomic E-state index is 0.0486. The maximum Gasteiger partial charge on any atom is 0.408 e. The largest absolute Gasteiger partial charge is 0.480 e. The van der Waals surface area contributed by atoms with Crippen LogP contribution in [0.15, 0.2) is 48.7 Å². The number of fused-ring (bicyclic) bond motifs is 1. The Kier molecular flexibility index (Phi) is 8.58. The van der Waals surface area contributed by atoms with E-state index in [9.17, 15) is 14.7 Å². The average molecular weight is 546 g/mol. The molecule has 2 aromatic heterocycles. The molecule has 4 N–H and O–H groups in total. The minimum atomic E-state index is -1.22. The maximum atomic E-state index is 12.2. The first kappa shape index (κ1) is 27.2. The number of aryl methyl sites for hydroxylation is 2. The number of carbonyl (C=O) groups excluding carboxylic acids is 1. The molecule has 1 aromatic carbocycles. The number of amides is 1. The number of piperidine rings is 1. The summed E-state index contributed by atoms with van der Waals surface area (Å²) in [4.78, 5) is 40.1. The van der Waals surface area contributed by atoms with Gasteiger partial charge in [0.2, 0.25) is 5.95 Å². The molecule has 0 radical (unpaired) electrons. The fourth-order valence-electron chi connectivity index (χ4n) is 5.10. The van der Waals surface area contributed by atoms with E-state index in [0.717, 1.165) is 73.8 Å². The lowest BCUT2D eigenvalue weighted by atomic mass is 9.92. The average Bonchev–Trinajstić information content (AvgIpc) is 2.99. The highest BCUT2D eigenvalue weighted by molar-refractivity contribution is 5.80. The van der Waals surface area contributed by atoms with E-state index in [4.69, 9.17) is 9.72 Å². The van der Waals surface area contributed by atoms with Gasteiger partial charge in [0, 0.05) is 49.6 Å². The molecule has 0 bridgehead atoms. The first-order chi connectivity index (χ1) is 19.5. The zero-order valence-corrected chi connectivity index (χ0v) is 22.6. The molecule has 3 aromatic rings. The van der Waals surface area contributed by atoms with Crippen molar-refractivity contribution in [2.45, 2.75) is 51.2 Å². The Bertz CT molecular complexity index is 1330. The van der Waals surface area contributed by atoms with Crippen molar-refractivity contribution in [2.24, 2.45) is 0 Å². The molecule has 1 atom stereocenters. The number of carbonyl (C=O) groups is 2. The summed E-state index contributed by atoms with van der Waals surface area (Å²) in [6.07, 6.45) is 5.08. The molecule has 2 aliphatic rings. The SMILES string of the molecule is Cc1cnc(NCC(NC(=O)OCc2ccccc2)C(=O)O)nc1N1CCC(c2ccc3c(n2)NCCC3)CC1. The maximum absolute atomic E-state index is 12.2. The third kappa shape index (κ3) is 6.77. The third-order valence-electron chi connectivity index (χ3n) is 7.34. The van der Waals surface area contributed by atoms with Crippen molar-refractivity contribution >= 4 is 29.6 Å². The van der Waals surface area contributed by atoms with Crippen LogP contribution in [0.2, 0.25) is 0 Å². The van der Waals surface area contributed by atoms with Crippen molar-refractivity contribution in [3.8, 4) is 0 Å². The Morgan fingerprint density at radius 3 is 2.73 bits per heavy atom. The van der Waals surface area contributed by atoms with E-state index in [1.54, 1.807) is 6.20 Å². The van der Waals surface area contributed by atoms with Gasteiger partial charge in [-0.1, -0.05) is 36.4 Å². The summed E-state index contributed by atoms with van der Waals surface area (Å²) >= 11 is 0. The summed E-state index contributed by atoms with van der Waals surface area (Å²) in [5.41, 5.74) is 4.19. The number of alkyl carbamates (subject to hydrolysis) is 1. The monoisotopic (exact) mass is 545 g/mol. The molecule has 0 saturated carbocycles. The molecule has 0 spiro atoms. The van der Waals surface area contributed by atoms with Crippen LogP contribution in [0, 0.1) is 6.92 Å². The fraction of sp³-hybridized carbons (Fsp3) is 0.414. The highest BCUT2D eigenvalue weighted by Gasteiger charge is 2.26. The number of aliphatic carboxylic acids is 1. The zero-order chi connectivity index (χ0) is 27.9. The van der Waals surface area contributed by atoms with Crippen molar-refractivity contribution in [1.29, 1.82) is 0 Å². The number of carboxylic acids is 1. The third-order valence-corrected chi connectivity index (χ3v) is 7.34. The Balaban J connectivity index is 1.15. The fourth-order valence-corrected chi connectivity index (χ4v) is 5.10. The van der Waals surface area contributed by atoms with Crippen LogP contribution in [0.3, 0.4) is 0 Å². The number of nitrogens with one attached hydrogen (secondary N) is 3. The van der Waals surface area contributed by atoms with Crippen molar-refractivity contribution < 1.29 is 19.4 Å². The van der Waals surface area contributed by atoms with E-state index >= 15 is 0 Å². The number of ether oxygens (including phenoxy) is 1. The molecule has 1 unspecified atom stereocenters. The lowest BCUT2D eigenvalue weighted by molar-refractivity contribution is -0.139. The minimum Gasteiger partial charge on any atom is -0.480 e. The molecule has 40 heavy (non-hydrogen) atoms. The normalized spacial score (nSPS) is 15.9.